The van der Waals surface area contributed by atoms with E-state index in [1.54, 1.807) is 0 Å². The van der Waals surface area contributed by atoms with Gasteiger partial charge in [0.05, 0.1) is 11.4 Å². The lowest BCUT2D eigenvalue weighted by Crippen LogP contribution is -2.33. The fourth-order valence-corrected chi connectivity index (χ4v) is 5.49. The summed E-state index contributed by atoms with van der Waals surface area (Å²) in [6.45, 7) is 0.270. The first-order valence-electron chi connectivity index (χ1n) is 10.4. The number of carbonyl (C=O) groups excluding carboxylic acids is 1. The van der Waals surface area contributed by atoms with Crippen molar-refractivity contribution in [2.75, 3.05) is 11.6 Å². The van der Waals surface area contributed by atoms with Crippen LogP contribution in [-0.4, -0.2) is 26.2 Å². The number of hydrogen-bond acceptors (Lipinski definition) is 5. The van der Waals surface area contributed by atoms with Gasteiger partial charge < -0.3 is 10.5 Å². The molecule has 3 saturated carbocycles. The number of alkyl halides is 3. The fraction of sp³-hybridized carbons (Fsp3) is 0.550. The third-order valence-corrected chi connectivity index (χ3v) is 7.89. The maximum atomic E-state index is 14.1. The van der Waals surface area contributed by atoms with E-state index >= 15 is 0 Å². The van der Waals surface area contributed by atoms with E-state index in [4.69, 9.17) is 4.78 Å². The van der Waals surface area contributed by atoms with Gasteiger partial charge in [0, 0.05) is 30.9 Å². The van der Waals surface area contributed by atoms with Crippen molar-refractivity contribution in [3.63, 3.8) is 0 Å². The number of anilines is 1. The molecule has 0 saturated heterocycles. The number of halogens is 3. The molecule has 3 atom stereocenters. The van der Waals surface area contributed by atoms with E-state index in [0.29, 0.717) is 18.8 Å². The van der Waals surface area contributed by atoms with Crippen LogP contribution in [0.2, 0.25) is 0 Å². The van der Waals surface area contributed by atoms with E-state index in [-0.39, 0.29) is 34.0 Å². The Balaban J connectivity index is 1.55. The fourth-order valence-electron chi connectivity index (χ4n) is 4.73. The minimum atomic E-state index is -4.75. The van der Waals surface area contributed by atoms with Crippen LogP contribution in [0, 0.1) is 21.3 Å². The smallest absolute Gasteiger partial charge is 0.420 e. The third-order valence-electron chi connectivity index (χ3n) is 6.80. The van der Waals surface area contributed by atoms with Crippen LogP contribution in [0.3, 0.4) is 0 Å². The van der Waals surface area contributed by atoms with Crippen molar-refractivity contribution in [3.05, 3.63) is 40.5 Å². The lowest BCUT2D eigenvalue weighted by molar-refractivity contribution is -0.646. The van der Waals surface area contributed by atoms with Gasteiger partial charge in [0.1, 0.15) is 21.0 Å². The Hall–Kier alpha value is -2.63. The highest BCUT2D eigenvalue weighted by Gasteiger charge is 2.61. The van der Waals surface area contributed by atoms with E-state index < -0.39 is 38.1 Å². The minimum Gasteiger partial charge on any atom is -0.618 e. The molecule has 3 aliphatic carbocycles. The van der Waals surface area contributed by atoms with Gasteiger partial charge in [0.15, 0.2) is 6.20 Å². The summed E-state index contributed by atoms with van der Waals surface area (Å²) in [5.74, 6) is -0.809. The van der Waals surface area contributed by atoms with E-state index in [9.17, 15) is 27.4 Å². The molecule has 12 heteroatoms. The first kappa shape index (κ1) is 21.2. The molecule has 172 valence electrons. The minimum absolute atomic E-state index is 0.0149. The highest BCUT2D eigenvalue weighted by Crippen LogP contribution is 2.68. The molecule has 0 aromatic carbocycles. The first-order valence-corrected chi connectivity index (χ1v) is 12.3. The normalized spacial score (nSPS) is 26.1. The Morgan fingerprint density at radius 1 is 1.44 bits per heavy atom. The SMILES string of the molecule is CS(=N)(=O)c1cc(NC(=O)c2c(C(F)(F)F)c(C3CC3)nn2CC23CCC2C3)cc[n+]1[O-]. The Bertz CT molecular complexity index is 1230. The van der Waals surface area contributed by atoms with Crippen LogP contribution in [0.5, 0.6) is 0 Å². The van der Waals surface area contributed by atoms with Crippen LogP contribution in [0.4, 0.5) is 18.9 Å². The second kappa shape index (κ2) is 6.69. The van der Waals surface area contributed by atoms with Crippen LogP contribution >= 0.6 is 0 Å². The highest BCUT2D eigenvalue weighted by molar-refractivity contribution is 7.91. The molecule has 3 unspecified atom stereocenters. The first-order chi connectivity index (χ1) is 14.9. The molecule has 8 nitrogen and oxygen atoms in total. The summed E-state index contributed by atoms with van der Waals surface area (Å²) in [5, 5.41) is 18.1. The maximum absolute atomic E-state index is 14.1. The van der Waals surface area contributed by atoms with Crippen LogP contribution in [0.15, 0.2) is 23.4 Å². The molecule has 0 radical (unpaired) electrons. The standard InChI is InChI=1S/C20H22F3N5O3S/c1-32(24,31)14-8-13(5-7-28(14)30)25-18(29)17-15(20(21,22)23)16(11-2-3-11)26-27(17)10-19-6-4-12(19)9-19/h5,7-8,11-12,24H,2-4,6,9-10H2,1H3,(H,25,29). The molecule has 3 aliphatic rings. The van der Waals surface area contributed by atoms with Gasteiger partial charge in [0.25, 0.3) is 10.9 Å². The van der Waals surface area contributed by atoms with Gasteiger partial charge in [-0.25, -0.2) is 8.99 Å². The number of carbonyl (C=O) groups is 1. The van der Waals surface area contributed by atoms with E-state index in [2.05, 4.69) is 10.4 Å². The van der Waals surface area contributed by atoms with E-state index in [1.807, 2.05) is 0 Å². The summed E-state index contributed by atoms with van der Waals surface area (Å²) in [6, 6.07) is 2.24. The second-order valence-corrected chi connectivity index (χ2v) is 11.3. The molecule has 2 aromatic rings. The van der Waals surface area contributed by atoms with Crippen molar-refractivity contribution in [2.24, 2.45) is 11.3 Å². The van der Waals surface area contributed by atoms with Gasteiger partial charge in [0.2, 0.25) is 0 Å². The molecular formula is C20H22F3N5O3S. The zero-order valence-corrected chi connectivity index (χ0v) is 18.1. The molecule has 5 rings (SSSR count). The van der Waals surface area contributed by atoms with Crippen LogP contribution in [0.25, 0.3) is 0 Å². The summed E-state index contributed by atoms with van der Waals surface area (Å²) in [4.78, 5) is 13.1. The summed E-state index contributed by atoms with van der Waals surface area (Å²) in [6.07, 6.45) is 1.38. The topological polar surface area (TPSA) is 115 Å². The number of nitrogens with one attached hydrogen (secondary N) is 2. The number of rotatable bonds is 6. The van der Waals surface area contributed by atoms with Crippen LogP contribution in [-0.2, 0) is 22.5 Å². The predicted octanol–water partition coefficient (Wildman–Crippen LogP) is 3.50. The van der Waals surface area contributed by atoms with Crippen molar-refractivity contribution in [3.8, 4) is 0 Å². The lowest BCUT2D eigenvalue weighted by Gasteiger charge is -2.26. The molecule has 0 aliphatic heterocycles. The van der Waals surface area contributed by atoms with Crippen LogP contribution < -0.4 is 10.0 Å². The Labute approximate surface area is 182 Å². The average molecular weight is 469 g/mol. The summed E-state index contributed by atoms with van der Waals surface area (Å²) >= 11 is 0. The molecule has 0 spiro atoms. The monoisotopic (exact) mass is 469 g/mol. The molecule has 2 aromatic heterocycles. The summed E-state index contributed by atoms with van der Waals surface area (Å²) < 4.78 is 63.3. The zero-order chi connectivity index (χ0) is 23.1. The largest absolute Gasteiger partial charge is 0.618 e. The quantitative estimate of drug-likeness (QED) is 0.498. The summed E-state index contributed by atoms with van der Waals surface area (Å²) in [5.41, 5.74) is -1.68. The molecule has 3 fully saturated rings. The molecule has 2 N–H and O–H groups in total. The van der Waals surface area contributed by atoms with Crippen molar-refractivity contribution in [1.82, 2.24) is 9.78 Å². The molecule has 32 heavy (non-hydrogen) atoms. The van der Waals surface area contributed by atoms with Gasteiger partial charge in [-0.15, -0.1) is 0 Å². The van der Waals surface area contributed by atoms with E-state index in [1.165, 1.54) is 10.7 Å². The van der Waals surface area contributed by atoms with Crippen molar-refractivity contribution in [2.45, 2.75) is 55.8 Å². The van der Waals surface area contributed by atoms with Gasteiger partial charge in [-0.05, 0) is 43.4 Å². The predicted molar refractivity (Wildman–Crippen MR) is 107 cm³/mol. The van der Waals surface area contributed by atoms with Crippen molar-refractivity contribution < 1.29 is 26.9 Å². The number of nitrogens with zero attached hydrogens (tertiary/aromatic N) is 3. The Morgan fingerprint density at radius 3 is 2.66 bits per heavy atom. The third kappa shape index (κ3) is 3.54. The van der Waals surface area contributed by atoms with Gasteiger partial charge in [-0.3, -0.25) is 9.48 Å². The summed E-state index contributed by atoms with van der Waals surface area (Å²) in [7, 11) is -3.41. The van der Waals surface area contributed by atoms with E-state index in [0.717, 1.165) is 37.8 Å². The highest BCUT2D eigenvalue weighted by atomic mass is 32.2. The number of hydrogen-bond donors (Lipinski definition) is 2. The van der Waals surface area contributed by atoms with Crippen molar-refractivity contribution in [1.29, 1.82) is 4.78 Å². The molecule has 1 amide bonds. The number of pyridine rings is 1. The molecule has 0 bridgehead atoms. The Kier molecular flexibility index (Phi) is 4.44. The Morgan fingerprint density at radius 2 is 2.16 bits per heavy atom. The lowest BCUT2D eigenvalue weighted by atomic mass is 9.85. The maximum Gasteiger partial charge on any atom is 0.420 e. The average Bonchev–Trinajstić information content (AvgIpc) is 3.54. The molecule has 2 heterocycles. The number of aromatic nitrogens is 3. The number of amides is 1. The second-order valence-electron chi connectivity index (χ2n) is 9.22. The van der Waals surface area contributed by atoms with Crippen molar-refractivity contribution >= 4 is 21.3 Å². The van der Waals surface area contributed by atoms with Gasteiger partial charge in [-0.1, -0.05) is 0 Å². The molecular weight excluding hydrogens is 447 g/mol. The number of fused-ring (bicyclic) bond motifs is 1. The van der Waals surface area contributed by atoms with Gasteiger partial charge in [-0.2, -0.15) is 23.0 Å². The van der Waals surface area contributed by atoms with Gasteiger partial charge >= 0.3 is 6.18 Å². The zero-order valence-electron chi connectivity index (χ0n) is 17.2. The van der Waals surface area contributed by atoms with Crippen LogP contribution in [0.1, 0.15) is 59.8 Å².